The Balaban J connectivity index is 1.61. The van der Waals surface area contributed by atoms with Crippen molar-refractivity contribution in [2.24, 2.45) is 28.6 Å². The van der Waals surface area contributed by atoms with Crippen LogP contribution in [0.3, 0.4) is 0 Å². The normalized spacial score (nSPS) is 40.9. The smallest absolute Gasteiger partial charge is 0.184 e. The molecule has 0 saturated heterocycles. The first kappa shape index (κ1) is 27.3. The fourth-order valence-corrected chi connectivity index (χ4v) is 11.3. The van der Waals surface area contributed by atoms with Crippen molar-refractivity contribution in [2.75, 3.05) is 6.61 Å². The molecule has 4 aliphatic carbocycles. The van der Waals surface area contributed by atoms with Crippen LogP contribution in [0, 0.1) is 28.6 Å². The highest BCUT2D eigenvalue weighted by molar-refractivity contribution is 6.70. The fourth-order valence-electron chi connectivity index (χ4n) is 8.21. The molecule has 0 amide bonds. The van der Waals surface area contributed by atoms with Gasteiger partial charge in [0.25, 0.3) is 0 Å². The molecule has 0 aliphatic heterocycles. The van der Waals surface area contributed by atoms with Crippen LogP contribution in [0.25, 0.3) is 0 Å². The molecule has 196 valence electrons. The lowest BCUT2D eigenvalue weighted by Gasteiger charge is -2.59. The lowest BCUT2D eigenvalue weighted by molar-refractivity contribution is -0.0827. The van der Waals surface area contributed by atoms with E-state index in [1.807, 2.05) is 0 Å². The molecule has 0 bridgehead atoms. The first-order chi connectivity index (χ1) is 15.5. The summed E-state index contributed by atoms with van der Waals surface area (Å²) in [5.74, 6) is 2.39. The minimum absolute atomic E-state index is 0.252. The van der Waals surface area contributed by atoms with Gasteiger partial charge in [-0.05, 0) is 133 Å². The van der Waals surface area contributed by atoms with Gasteiger partial charge in [0.15, 0.2) is 25.0 Å². The zero-order valence-corrected chi connectivity index (χ0v) is 27.1. The molecule has 0 aromatic rings. The second-order valence-corrected chi connectivity index (χ2v) is 28.8. The first-order valence-corrected chi connectivity index (χ1v) is 24.4. The van der Waals surface area contributed by atoms with Crippen molar-refractivity contribution in [1.82, 2.24) is 0 Å². The van der Waals surface area contributed by atoms with Crippen LogP contribution < -0.4 is 0 Å². The quantitative estimate of drug-likeness (QED) is 0.249. The minimum Gasteiger partial charge on any atom is -0.417 e. The van der Waals surface area contributed by atoms with Crippen LogP contribution >= 0.6 is 0 Å². The molecule has 0 spiro atoms. The van der Waals surface area contributed by atoms with E-state index in [4.69, 9.17) is 13.3 Å². The summed E-state index contributed by atoms with van der Waals surface area (Å²) in [5, 5.41) is 0. The van der Waals surface area contributed by atoms with Crippen molar-refractivity contribution in [3.05, 3.63) is 11.6 Å². The number of allylic oxidation sites excluding steroid dienone is 1. The van der Waals surface area contributed by atoms with Crippen LogP contribution in [-0.4, -0.2) is 43.8 Å². The van der Waals surface area contributed by atoms with Crippen molar-refractivity contribution < 1.29 is 13.3 Å². The summed E-state index contributed by atoms with van der Waals surface area (Å²) in [5.41, 5.74) is 2.32. The highest BCUT2D eigenvalue weighted by atomic mass is 28.4. The summed E-state index contributed by atoms with van der Waals surface area (Å²) in [6, 6.07) is 0. The van der Waals surface area contributed by atoms with E-state index >= 15 is 0 Å². The lowest BCUT2D eigenvalue weighted by Crippen LogP contribution is -2.55. The average molecular weight is 523 g/mol. The standard InChI is InChI=1S/C28H54O3Si3/c1-27-17-16-25-23(24(27)13-14-26(27)31-34(8,9)10)12-11-21-19-22(30-33(5,6)7)15-18-28(21,25)20-29-32(2,3)4/h11,22-26H,12-20H2,1-10H3/t22?,23-,24-,25+,26?,27-,28+/m0/s1. The molecule has 0 heterocycles. The molecule has 0 aromatic carbocycles. The maximum absolute atomic E-state index is 6.83. The summed E-state index contributed by atoms with van der Waals surface area (Å²) >= 11 is 0. The Morgan fingerprint density at radius 3 is 2.09 bits per heavy atom. The molecule has 2 unspecified atom stereocenters. The predicted molar refractivity (Wildman–Crippen MR) is 152 cm³/mol. The zero-order chi connectivity index (χ0) is 25.2. The maximum atomic E-state index is 6.83. The maximum Gasteiger partial charge on any atom is 0.184 e. The molecule has 6 heteroatoms. The van der Waals surface area contributed by atoms with Gasteiger partial charge in [-0.3, -0.25) is 0 Å². The topological polar surface area (TPSA) is 27.7 Å². The van der Waals surface area contributed by atoms with Gasteiger partial charge < -0.3 is 13.3 Å². The van der Waals surface area contributed by atoms with Gasteiger partial charge in [-0.25, -0.2) is 0 Å². The lowest BCUT2D eigenvalue weighted by atomic mass is 9.47. The molecule has 3 fully saturated rings. The van der Waals surface area contributed by atoms with Crippen molar-refractivity contribution >= 4 is 25.0 Å². The molecule has 0 aromatic heterocycles. The van der Waals surface area contributed by atoms with Crippen LogP contribution in [0.5, 0.6) is 0 Å². The third kappa shape index (κ3) is 5.57. The molecular formula is C28H54O3Si3. The van der Waals surface area contributed by atoms with Crippen LogP contribution in [-0.2, 0) is 13.3 Å². The Morgan fingerprint density at radius 1 is 0.794 bits per heavy atom. The summed E-state index contributed by atoms with van der Waals surface area (Å²) in [4.78, 5) is 0. The Kier molecular flexibility index (Phi) is 7.41. The van der Waals surface area contributed by atoms with Crippen molar-refractivity contribution in [3.63, 3.8) is 0 Å². The van der Waals surface area contributed by atoms with Gasteiger partial charge in [-0.15, -0.1) is 0 Å². The Morgan fingerprint density at radius 2 is 1.47 bits per heavy atom. The van der Waals surface area contributed by atoms with Gasteiger partial charge in [-0.2, -0.15) is 0 Å². The van der Waals surface area contributed by atoms with E-state index in [9.17, 15) is 0 Å². The van der Waals surface area contributed by atoms with Gasteiger partial charge in [0.1, 0.15) is 0 Å². The molecular weight excluding hydrogens is 469 g/mol. The molecule has 0 N–H and O–H groups in total. The number of fused-ring (bicyclic) bond motifs is 5. The van der Waals surface area contributed by atoms with E-state index in [1.54, 1.807) is 5.57 Å². The van der Waals surface area contributed by atoms with Gasteiger partial charge in [0, 0.05) is 18.1 Å². The largest absolute Gasteiger partial charge is 0.417 e. The van der Waals surface area contributed by atoms with E-state index in [0.717, 1.165) is 30.8 Å². The van der Waals surface area contributed by atoms with E-state index in [1.165, 1.54) is 44.9 Å². The molecule has 3 saturated carbocycles. The van der Waals surface area contributed by atoms with E-state index in [2.05, 4.69) is 71.9 Å². The number of hydrogen-bond acceptors (Lipinski definition) is 3. The molecule has 34 heavy (non-hydrogen) atoms. The Bertz CT molecular complexity index is 777. The van der Waals surface area contributed by atoms with Crippen LogP contribution in [0.2, 0.25) is 58.9 Å². The van der Waals surface area contributed by atoms with Gasteiger partial charge in [0.2, 0.25) is 0 Å². The molecule has 3 nitrogen and oxygen atoms in total. The van der Waals surface area contributed by atoms with E-state index in [-0.39, 0.29) is 5.41 Å². The van der Waals surface area contributed by atoms with Crippen LogP contribution in [0.4, 0.5) is 0 Å². The predicted octanol–water partition coefficient (Wildman–Crippen LogP) is 8.22. The van der Waals surface area contributed by atoms with Crippen LogP contribution in [0.1, 0.15) is 58.3 Å². The van der Waals surface area contributed by atoms with E-state index < -0.39 is 25.0 Å². The van der Waals surface area contributed by atoms with Crippen molar-refractivity contribution in [3.8, 4) is 0 Å². The SMILES string of the molecule is C[C@]12CC[C@@H]3[C@@H](CC=C4CC(O[Si](C)(C)C)CC[C@@]43CO[Si](C)(C)C)[C@@H]1CCC2O[Si](C)(C)C. The first-order valence-electron chi connectivity index (χ1n) is 14.2. The average Bonchev–Trinajstić information content (AvgIpc) is 2.99. The molecule has 7 atom stereocenters. The van der Waals surface area contributed by atoms with Crippen LogP contribution in [0.15, 0.2) is 11.6 Å². The number of hydrogen-bond donors (Lipinski definition) is 0. The minimum atomic E-state index is -1.58. The third-order valence-electron chi connectivity index (χ3n) is 9.47. The van der Waals surface area contributed by atoms with Gasteiger partial charge in [-0.1, -0.05) is 18.6 Å². The Labute approximate surface area is 214 Å². The second-order valence-electron chi connectivity index (χ2n) is 15.3. The fraction of sp³-hybridized carbons (Fsp3) is 0.929. The van der Waals surface area contributed by atoms with Crippen molar-refractivity contribution in [1.29, 1.82) is 0 Å². The highest BCUT2D eigenvalue weighted by Gasteiger charge is 2.60. The molecule has 4 aliphatic rings. The zero-order valence-electron chi connectivity index (χ0n) is 24.1. The third-order valence-corrected chi connectivity index (χ3v) is 12.5. The second kappa shape index (κ2) is 9.23. The summed E-state index contributed by atoms with van der Waals surface area (Å²) in [6.45, 7) is 24.8. The molecule has 4 rings (SSSR count). The van der Waals surface area contributed by atoms with Crippen molar-refractivity contribution in [2.45, 2.75) is 129 Å². The highest BCUT2D eigenvalue weighted by Crippen LogP contribution is 2.65. The molecule has 0 radical (unpaired) electrons. The van der Waals surface area contributed by atoms with Gasteiger partial charge >= 0.3 is 0 Å². The summed E-state index contributed by atoms with van der Waals surface area (Å²) < 4.78 is 20.3. The number of rotatable bonds is 7. The summed E-state index contributed by atoms with van der Waals surface area (Å²) in [7, 11) is -4.64. The monoisotopic (exact) mass is 522 g/mol. The Hall–Kier alpha value is 0.271. The van der Waals surface area contributed by atoms with E-state index in [0.29, 0.717) is 17.6 Å². The van der Waals surface area contributed by atoms with Gasteiger partial charge in [0.05, 0.1) is 6.10 Å². The summed E-state index contributed by atoms with van der Waals surface area (Å²) in [6.07, 6.45) is 13.8.